The first kappa shape index (κ1) is 19.2. The molecule has 1 aliphatic heterocycles. The molecule has 1 heterocycles. The highest BCUT2D eigenvalue weighted by molar-refractivity contribution is 9.10. The summed E-state index contributed by atoms with van der Waals surface area (Å²) in [5.41, 5.74) is 4.08. The highest BCUT2D eigenvalue weighted by Crippen LogP contribution is 2.25. The molecule has 0 bridgehead atoms. The molecule has 0 radical (unpaired) electrons. The molecule has 5 heteroatoms. The zero-order valence-corrected chi connectivity index (χ0v) is 17.5. The molecule has 0 spiro atoms. The number of anilines is 1. The third-order valence-corrected chi connectivity index (χ3v) is 5.10. The molecule has 0 atom stereocenters. The van der Waals surface area contributed by atoms with E-state index in [9.17, 15) is 4.79 Å². The number of carbonyl (C=O) groups is 1. The lowest BCUT2D eigenvalue weighted by molar-refractivity contribution is -0.114. The Morgan fingerprint density at radius 3 is 2.34 bits per heavy atom. The molecule has 3 aromatic rings. The molecule has 3 aromatic carbocycles. The van der Waals surface area contributed by atoms with Crippen LogP contribution >= 0.6 is 15.9 Å². The molecule has 1 amide bonds. The minimum absolute atomic E-state index is 0.121. The Bertz CT molecular complexity index is 1070. The second-order valence-electron chi connectivity index (χ2n) is 6.68. The Balaban J connectivity index is 1.45. The lowest BCUT2D eigenvalue weighted by Gasteiger charge is -2.11. The number of amides is 1. The summed E-state index contributed by atoms with van der Waals surface area (Å²) in [6.07, 6.45) is 1.86. The summed E-state index contributed by atoms with van der Waals surface area (Å²) in [5, 5.41) is 5.85. The largest absolute Gasteiger partial charge is 0.489 e. The summed E-state index contributed by atoms with van der Waals surface area (Å²) in [5.74, 6) is 0.661. The van der Waals surface area contributed by atoms with Crippen molar-refractivity contribution in [1.82, 2.24) is 0 Å². The van der Waals surface area contributed by atoms with E-state index in [0.29, 0.717) is 17.9 Å². The Morgan fingerprint density at radius 2 is 1.66 bits per heavy atom. The van der Waals surface area contributed by atoms with Crippen LogP contribution in [0.5, 0.6) is 5.75 Å². The van der Waals surface area contributed by atoms with Crippen LogP contribution in [0.1, 0.15) is 18.1 Å². The van der Waals surface area contributed by atoms with Crippen LogP contribution in [0.25, 0.3) is 6.08 Å². The van der Waals surface area contributed by atoms with Crippen molar-refractivity contribution in [3.63, 3.8) is 0 Å². The average molecular weight is 447 g/mol. The molecule has 0 saturated carbocycles. The predicted octanol–water partition coefficient (Wildman–Crippen LogP) is 5.83. The van der Waals surface area contributed by atoms with Crippen molar-refractivity contribution in [1.29, 1.82) is 0 Å². The maximum Gasteiger partial charge on any atom is 0.280 e. The fraction of sp³-hybridized carbons (Fsp3) is 0.0833. The second kappa shape index (κ2) is 8.45. The number of hydrazone groups is 1. The number of nitrogens with zero attached hydrogens (tertiary/aromatic N) is 2. The van der Waals surface area contributed by atoms with Gasteiger partial charge in [0.1, 0.15) is 12.4 Å². The first-order valence-electron chi connectivity index (χ1n) is 9.24. The molecule has 1 aliphatic rings. The lowest BCUT2D eigenvalue weighted by atomic mass is 10.1. The van der Waals surface area contributed by atoms with Gasteiger partial charge in [-0.05, 0) is 60.5 Å². The third kappa shape index (κ3) is 4.46. The number of carbonyl (C=O) groups excluding carboxylic acids is 1. The highest BCUT2D eigenvalue weighted by atomic mass is 79.9. The van der Waals surface area contributed by atoms with E-state index in [1.165, 1.54) is 5.01 Å². The van der Waals surface area contributed by atoms with Gasteiger partial charge in [0, 0.05) is 4.47 Å². The second-order valence-corrected chi connectivity index (χ2v) is 7.60. The van der Waals surface area contributed by atoms with E-state index in [2.05, 4.69) is 21.0 Å². The Kier molecular flexibility index (Phi) is 5.58. The van der Waals surface area contributed by atoms with Crippen molar-refractivity contribution in [2.75, 3.05) is 5.01 Å². The maximum absolute atomic E-state index is 12.8. The number of hydrogen-bond acceptors (Lipinski definition) is 3. The van der Waals surface area contributed by atoms with Crippen molar-refractivity contribution in [2.45, 2.75) is 13.5 Å². The van der Waals surface area contributed by atoms with E-state index in [0.717, 1.165) is 27.0 Å². The number of para-hydroxylation sites is 1. The summed E-state index contributed by atoms with van der Waals surface area (Å²) in [6, 6.07) is 25.2. The van der Waals surface area contributed by atoms with E-state index >= 15 is 0 Å². The quantitative estimate of drug-likeness (QED) is 0.462. The van der Waals surface area contributed by atoms with Gasteiger partial charge in [0.15, 0.2) is 0 Å². The molecule has 0 fully saturated rings. The highest BCUT2D eigenvalue weighted by Gasteiger charge is 2.28. The Hall–Kier alpha value is -3.18. The van der Waals surface area contributed by atoms with E-state index < -0.39 is 0 Å². The summed E-state index contributed by atoms with van der Waals surface area (Å²) < 4.78 is 6.89. The number of ether oxygens (including phenoxy) is 1. The molecule has 144 valence electrons. The van der Waals surface area contributed by atoms with Crippen LogP contribution in [0.15, 0.2) is 94.0 Å². The summed E-state index contributed by atoms with van der Waals surface area (Å²) in [6.45, 7) is 2.35. The summed E-state index contributed by atoms with van der Waals surface area (Å²) >= 11 is 3.43. The fourth-order valence-corrected chi connectivity index (χ4v) is 3.27. The van der Waals surface area contributed by atoms with Gasteiger partial charge in [-0.3, -0.25) is 4.79 Å². The fourth-order valence-electron chi connectivity index (χ4n) is 3.00. The minimum atomic E-state index is -0.121. The predicted molar refractivity (Wildman–Crippen MR) is 120 cm³/mol. The van der Waals surface area contributed by atoms with Gasteiger partial charge < -0.3 is 4.74 Å². The topological polar surface area (TPSA) is 41.9 Å². The number of benzene rings is 3. The van der Waals surface area contributed by atoms with Gasteiger partial charge in [-0.2, -0.15) is 10.1 Å². The van der Waals surface area contributed by atoms with Gasteiger partial charge in [0.2, 0.25) is 0 Å². The normalized spacial score (nSPS) is 15.0. The average Bonchev–Trinajstić information content (AvgIpc) is 3.03. The zero-order valence-electron chi connectivity index (χ0n) is 15.9. The molecule has 0 saturated heterocycles. The van der Waals surface area contributed by atoms with Gasteiger partial charge in [-0.15, -0.1) is 0 Å². The molecule has 4 rings (SSSR count). The standard InChI is InChI=1S/C24H19BrN2O2/c1-17-23(24(28)27(26-17)21-5-3-2-4-6-21)15-18-9-13-22(14-10-18)29-16-19-7-11-20(25)12-8-19/h2-15H,16H2,1H3/b23-15+. The third-order valence-electron chi connectivity index (χ3n) is 4.57. The Labute approximate surface area is 178 Å². The van der Waals surface area contributed by atoms with Gasteiger partial charge in [-0.25, -0.2) is 0 Å². The molecular formula is C24H19BrN2O2. The monoisotopic (exact) mass is 446 g/mol. The van der Waals surface area contributed by atoms with Gasteiger partial charge in [-0.1, -0.05) is 58.4 Å². The van der Waals surface area contributed by atoms with Crippen LogP contribution in [0.3, 0.4) is 0 Å². The van der Waals surface area contributed by atoms with Crippen LogP contribution in [-0.2, 0) is 11.4 Å². The summed E-state index contributed by atoms with van der Waals surface area (Å²) in [7, 11) is 0. The molecule has 0 aliphatic carbocycles. The molecule has 0 aromatic heterocycles. The smallest absolute Gasteiger partial charge is 0.280 e. The van der Waals surface area contributed by atoms with Gasteiger partial charge in [0.25, 0.3) is 5.91 Å². The van der Waals surface area contributed by atoms with Gasteiger partial charge >= 0.3 is 0 Å². The van der Waals surface area contributed by atoms with Crippen LogP contribution in [-0.4, -0.2) is 11.6 Å². The van der Waals surface area contributed by atoms with E-state index in [1.54, 1.807) is 0 Å². The van der Waals surface area contributed by atoms with Crippen molar-refractivity contribution in [2.24, 2.45) is 5.10 Å². The van der Waals surface area contributed by atoms with Crippen LogP contribution in [0, 0.1) is 0 Å². The minimum Gasteiger partial charge on any atom is -0.489 e. The van der Waals surface area contributed by atoms with Crippen LogP contribution in [0.4, 0.5) is 5.69 Å². The SMILES string of the molecule is CC1=NN(c2ccccc2)C(=O)/C1=C/c1ccc(OCc2ccc(Br)cc2)cc1. The van der Waals surface area contributed by atoms with Crippen molar-refractivity contribution < 1.29 is 9.53 Å². The lowest BCUT2D eigenvalue weighted by Crippen LogP contribution is -2.21. The van der Waals surface area contributed by atoms with Crippen molar-refractivity contribution in [3.05, 3.63) is 100 Å². The van der Waals surface area contributed by atoms with Crippen molar-refractivity contribution in [3.8, 4) is 5.75 Å². The van der Waals surface area contributed by atoms with E-state index in [1.807, 2.05) is 91.9 Å². The van der Waals surface area contributed by atoms with Crippen LogP contribution in [0.2, 0.25) is 0 Å². The first-order valence-corrected chi connectivity index (χ1v) is 10.0. The number of halogens is 1. The van der Waals surface area contributed by atoms with E-state index in [4.69, 9.17) is 4.74 Å². The molecule has 29 heavy (non-hydrogen) atoms. The van der Waals surface area contributed by atoms with Crippen molar-refractivity contribution >= 4 is 39.3 Å². The molecule has 0 N–H and O–H groups in total. The number of hydrogen-bond donors (Lipinski definition) is 0. The maximum atomic E-state index is 12.8. The zero-order chi connectivity index (χ0) is 20.2. The van der Waals surface area contributed by atoms with Crippen LogP contribution < -0.4 is 9.75 Å². The van der Waals surface area contributed by atoms with E-state index in [-0.39, 0.29) is 5.91 Å². The molecule has 0 unspecified atom stereocenters. The Morgan fingerprint density at radius 1 is 0.966 bits per heavy atom. The molecule has 4 nitrogen and oxygen atoms in total. The number of rotatable bonds is 5. The summed E-state index contributed by atoms with van der Waals surface area (Å²) in [4.78, 5) is 12.8. The molecular weight excluding hydrogens is 428 g/mol. The van der Waals surface area contributed by atoms with Gasteiger partial charge in [0.05, 0.1) is 17.0 Å². The first-order chi connectivity index (χ1) is 14.1.